The molecule has 0 saturated carbocycles. The van der Waals surface area contributed by atoms with Crippen LogP contribution in [0, 0.1) is 0 Å². The first-order chi connectivity index (χ1) is 17.8. The molecular formula is C32H36NNaO4. The number of rotatable bonds is 11. The molecule has 0 spiro atoms. The predicted molar refractivity (Wildman–Crippen MR) is 143 cm³/mol. The van der Waals surface area contributed by atoms with E-state index in [1.807, 2.05) is 12.1 Å². The van der Waals surface area contributed by atoms with E-state index in [-0.39, 0.29) is 47.5 Å². The van der Waals surface area contributed by atoms with E-state index < -0.39 is 11.4 Å². The number of hydrogen-bond acceptors (Lipinski definition) is 5. The largest absolute Gasteiger partial charge is 1.00 e. The molecule has 0 unspecified atom stereocenters. The molecule has 3 aromatic rings. The van der Waals surface area contributed by atoms with E-state index in [0.29, 0.717) is 17.5 Å². The minimum atomic E-state index is -1.13. The fourth-order valence-electron chi connectivity index (χ4n) is 4.86. The summed E-state index contributed by atoms with van der Waals surface area (Å²) in [5, 5.41) is 11.3. The Hall–Kier alpha value is -2.28. The molecule has 0 bridgehead atoms. The molecule has 4 rings (SSSR count). The first-order valence-electron chi connectivity index (χ1n) is 13.2. The van der Waals surface area contributed by atoms with Crippen molar-refractivity contribution in [2.45, 2.75) is 57.2 Å². The molecule has 0 aromatic heterocycles. The summed E-state index contributed by atoms with van der Waals surface area (Å²) in [4.78, 5) is 26.4. The van der Waals surface area contributed by atoms with Crippen LogP contribution in [0.1, 0.15) is 72.7 Å². The normalized spacial score (nSPS) is 14.7. The number of carbonyl (C=O) groups is 2. The molecule has 0 aliphatic carbocycles. The number of likely N-dealkylation sites (tertiary alicyclic amines) is 1. The van der Waals surface area contributed by atoms with E-state index in [1.54, 1.807) is 38.1 Å². The van der Waals surface area contributed by atoms with E-state index in [2.05, 4.69) is 53.4 Å². The van der Waals surface area contributed by atoms with Crippen LogP contribution in [-0.2, 0) is 14.9 Å². The molecule has 1 aliphatic rings. The third-order valence-corrected chi connectivity index (χ3v) is 7.38. The zero-order valence-corrected chi connectivity index (χ0v) is 24.8. The number of benzene rings is 3. The number of ether oxygens (including phenoxy) is 1. The second kappa shape index (κ2) is 14.2. The Kier molecular flexibility index (Phi) is 11.3. The number of ketones is 1. The van der Waals surface area contributed by atoms with Crippen LogP contribution in [0.25, 0.3) is 0 Å². The Balaban J connectivity index is 0.00000400. The molecular weight excluding hydrogens is 485 g/mol. The number of Topliss-reactive ketones (excluding diaryl/α,β-unsaturated/α-hetero) is 1. The maximum absolute atomic E-state index is 12.7. The number of hydrogen-bond donors (Lipinski definition) is 0. The maximum atomic E-state index is 12.7. The second-order valence-electron chi connectivity index (χ2n) is 10.4. The number of piperidine rings is 1. The average molecular weight is 522 g/mol. The van der Waals surface area contributed by atoms with Crippen molar-refractivity contribution < 1.29 is 49.0 Å². The van der Waals surface area contributed by atoms with Crippen LogP contribution < -0.4 is 34.7 Å². The van der Waals surface area contributed by atoms with Crippen molar-refractivity contribution >= 4 is 11.8 Å². The minimum Gasteiger partial charge on any atom is -0.549 e. The summed E-state index contributed by atoms with van der Waals surface area (Å²) in [5.41, 5.74) is 2.52. The van der Waals surface area contributed by atoms with Crippen molar-refractivity contribution in [3.63, 3.8) is 0 Å². The summed E-state index contributed by atoms with van der Waals surface area (Å²) in [6.45, 7) is 6.02. The molecule has 5 nitrogen and oxygen atoms in total. The van der Waals surface area contributed by atoms with Gasteiger partial charge in [0, 0.05) is 30.5 Å². The minimum absolute atomic E-state index is 0. The molecule has 0 atom stereocenters. The molecule has 0 radical (unpaired) electrons. The van der Waals surface area contributed by atoms with Gasteiger partial charge in [-0.25, -0.2) is 0 Å². The van der Waals surface area contributed by atoms with Gasteiger partial charge in [-0.1, -0.05) is 98.8 Å². The molecule has 0 amide bonds. The van der Waals surface area contributed by atoms with Crippen molar-refractivity contribution in [3.8, 4) is 0 Å². The molecule has 1 aliphatic heterocycles. The van der Waals surface area contributed by atoms with Crippen LogP contribution in [0.5, 0.6) is 0 Å². The second-order valence-corrected chi connectivity index (χ2v) is 10.4. The van der Waals surface area contributed by atoms with Crippen LogP contribution in [0.3, 0.4) is 0 Å². The van der Waals surface area contributed by atoms with Gasteiger partial charge < -0.3 is 19.5 Å². The Bertz CT molecular complexity index is 1120. The summed E-state index contributed by atoms with van der Waals surface area (Å²) in [7, 11) is 0. The van der Waals surface area contributed by atoms with Gasteiger partial charge in [-0.15, -0.1) is 0 Å². The fourth-order valence-corrected chi connectivity index (χ4v) is 4.86. The summed E-state index contributed by atoms with van der Waals surface area (Å²) in [6, 6.07) is 27.7. The summed E-state index contributed by atoms with van der Waals surface area (Å²) in [6.07, 6.45) is 3.35. The van der Waals surface area contributed by atoms with Crippen LogP contribution in [-0.4, -0.2) is 42.4 Å². The molecule has 6 heteroatoms. The monoisotopic (exact) mass is 521 g/mol. The molecule has 1 saturated heterocycles. The van der Waals surface area contributed by atoms with Crippen molar-refractivity contribution in [2.24, 2.45) is 0 Å². The van der Waals surface area contributed by atoms with Crippen LogP contribution in [0.15, 0.2) is 84.9 Å². The summed E-state index contributed by atoms with van der Waals surface area (Å²) >= 11 is 0. The first-order valence-corrected chi connectivity index (χ1v) is 13.2. The number of carbonyl (C=O) groups excluding carboxylic acids is 2. The van der Waals surface area contributed by atoms with Gasteiger partial charge in [-0.3, -0.25) is 4.79 Å². The van der Waals surface area contributed by atoms with Gasteiger partial charge in [0.25, 0.3) is 0 Å². The zero-order chi connectivity index (χ0) is 26.3. The smallest absolute Gasteiger partial charge is 0.549 e. The summed E-state index contributed by atoms with van der Waals surface area (Å²) in [5.74, 6) is -1.04. The maximum Gasteiger partial charge on any atom is 1.00 e. The van der Waals surface area contributed by atoms with E-state index in [0.717, 1.165) is 38.9 Å². The molecule has 0 N–H and O–H groups in total. The molecule has 194 valence electrons. The van der Waals surface area contributed by atoms with Crippen LogP contribution >= 0.6 is 0 Å². The van der Waals surface area contributed by atoms with Crippen molar-refractivity contribution in [2.75, 3.05) is 19.6 Å². The molecule has 38 heavy (non-hydrogen) atoms. The van der Waals surface area contributed by atoms with Gasteiger partial charge in [-0.05, 0) is 42.5 Å². The van der Waals surface area contributed by atoms with Gasteiger partial charge >= 0.3 is 29.6 Å². The van der Waals surface area contributed by atoms with E-state index >= 15 is 0 Å². The predicted octanol–water partition coefficient (Wildman–Crippen LogP) is 1.95. The van der Waals surface area contributed by atoms with E-state index in [4.69, 9.17) is 4.74 Å². The number of carboxylic acids is 1. The van der Waals surface area contributed by atoms with Crippen LogP contribution in [0.4, 0.5) is 0 Å². The zero-order valence-electron chi connectivity index (χ0n) is 22.8. The molecule has 3 aromatic carbocycles. The molecule has 1 fully saturated rings. The standard InChI is InChI=1S/C32H37NO4.Na/c1-32(2,31(35)36)27-17-15-24(16-18-27)29(34)14-9-21-33-22-19-28(20-23-33)37-30(25-10-5-3-6-11-25)26-12-7-4-8-13-26;/h3-8,10-13,15-18,28,30H,9,14,19-23H2,1-2H3,(H,35,36);/q;+1/p-1. The molecule has 1 heterocycles. The number of aliphatic carboxylic acids is 1. The number of nitrogens with zero attached hydrogens (tertiary/aromatic N) is 1. The van der Waals surface area contributed by atoms with Gasteiger partial charge in [-0.2, -0.15) is 0 Å². The van der Waals surface area contributed by atoms with E-state index in [9.17, 15) is 14.7 Å². The Morgan fingerprint density at radius 3 is 1.92 bits per heavy atom. The first kappa shape index (κ1) is 30.3. The van der Waals surface area contributed by atoms with Gasteiger partial charge in [0.05, 0.1) is 12.1 Å². The van der Waals surface area contributed by atoms with Gasteiger partial charge in [0.2, 0.25) is 0 Å². The van der Waals surface area contributed by atoms with Crippen LogP contribution in [0.2, 0.25) is 0 Å². The van der Waals surface area contributed by atoms with Gasteiger partial charge in [0.15, 0.2) is 5.78 Å². The Morgan fingerprint density at radius 2 is 1.42 bits per heavy atom. The third-order valence-electron chi connectivity index (χ3n) is 7.38. The van der Waals surface area contributed by atoms with Crippen molar-refractivity contribution in [1.29, 1.82) is 0 Å². The Labute approximate surface area is 248 Å². The van der Waals surface area contributed by atoms with Crippen molar-refractivity contribution in [1.82, 2.24) is 4.90 Å². The Morgan fingerprint density at radius 1 is 0.895 bits per heavy atom. The topological polar surface area (TPSA) is 69.7 Å². The summed E-state index contributed by atoms with van der Waals surface area (Å²) < 4.78 is 6.64. The third kappa shape index (κ3) is 7.87. The van der Waals surface area contributed by atoms with E-state index in [1.165, 1.54) is 11.1 Å². The number of carboxylic acid groups (broad SMARTS) is 1. The van der Waals surface area contributed by atoms with Crippen molar-refractivity contribution in [3.05, 3.63) is 107 Å². The quantitative estimate of drug-likeness (QED) is 0.285. The average Bonchev–Trinajstić information content (AvgIpc) is 2.93. The fraction of sp³-hybridized carbons (Fsp3) is 0.375. The SMILES string of the molecule is CC(C)(C(=O)[O-])c1ccc(C(=O)CCCN2CCC(OC(c3ccccc3)c3ccccc3)CC2)cc1.[Na+]. The van der Waals surface area contributed by atoms with Gasteiger partial charge in [0.1, 0.15) is 6.10 Å².